The average Bonchev–Trinajstić information content (AvgIpc) is 2.34. The van der Waals surface area contributed by atoms with E-state index in [0.717, 1.165) is 25.1 Å². The number of nitrogens with one attached hydrogen (secondary N) is 1. The van der Waals surface area contributed by atoms with Crippen molar-refractivity contribution in [2.45, 2.75) is 45.8 Å². The van der Waals surface area contributed by atoms with Crippen LogP contribution in [-0.4, -0.2) is 18.7 Å². The van der Waals surface area contributed by atoms with Crippen molar-refractivity contribution < 1.29 is 4.74 Å². The summed E-state index contributed by atoms with van der Waals surface area (Å²) in [5.74, 6) is 0.818. The summed E-state index contributed by atoms with van der Waals surface area (Å²) in [5, 5.41) is 4.17. The van der Waals surface area contributed by atoms with Crippen molar-refractivity contribution in [1.29, 1.82) is 0 Å². The van der Waals surface area contributed by atoms with Gasteiger partial charge >= 0.3 is 0 Å². The van der Waals surface area contributed by atoms with Gasteiger partial charge < -0.3 is 10.1 Å². The SMILES string of the molecule is C=C(C)CCC(NCC)C(C)Oc1cccc(Cl)c1. The Morgan fingerprint density at radius 1 is 1.47 bits per heavy atom. The second kappa shape index (κ2) is 8.23. The van der Waals surface area contributed by atoms with Gasteiger partial charge in [-0.15, -0.1) is 6.58 Å². The van der Waals surface area contributed by atoms with Crippen LogP contribution in [0.4, 0.5) is 0 Å². The Bertz CT molecular complexity index is 405. The Morgan fingerprint density at radius 3 is 2.79 bits per heavy atom. The first-order valence-electron chi connectivity index (χ1n) is 6.83. The first-order chi connectivity index (χ1) is 9.02. The fraction of sp³-hybridized carbons (Fsp3) is 0.500. The third-order valence-corrected chi connectivity index (χ3v) is 3.27. The van der Waals surface area contributed by atoms with Gasteiger partial charge in [0.1, 0.15) is 11.9 Å². The van der Waals surface area contributed by atoms with Gasteiger partial charge in [0, 0.05) is 11.1 Å². The summed E-state index contributed by atoms with van der Waals surface area (Å²) in [7, 11) is 0. The van der Waals surface area contributed by atoms with Crippen molar-refractivity contribution in [1.82, 2.24) is 5.32 Å². The average molecular weight is 282 g/mol. The van der Waals surface area contributed by atoms with Crippen LogP contribution in [0.1, 0.15) is 33.6 Å². The van der Waals surface area contributed by atoms with Crippen molar-refractivity contribution in [3.8, 4) is 5.75 Å². The molecular weight excluding hydrogens is 258 g/mol. The first kappa shape index (κ1) is 16.1. The summed E-state index contributed by atoms with van der Waals surface area (Å²) in [5.41, 5.74) is 1.21. The van der Waals surface area contributed by atoms with Crippen LogP contribution < -0.4 is 10.1 Å². The van der Waals surface area contributed by atoms with Gasteiger partial charge in [0.15, 0.2) is 0 Å². The van der Waals surface area contributed by atoms with Gasteiger partial charge in [-0.25, -0.2) is 0 Å². The zero-order valence-electron chi connectivity index (χ0n) is 12.1. The minimum atomic E-state index is 0.0952. The van der Waals surface area contributed by atoms with Crippen LogP contribution >= 0.6 is 11.6 Å². The van der Waals surface area contributed by atoms with Crippen LogP contribution in [0.3, 0.4) is 0 Å². The Hall–Kier alpha value is -0.990. The van der Waals surface area contributed by atoms with E-state index in [9.17, 15) is 0 Å². The molecule has 0 heterocycles. The van der Waals surface area contributed by atoms with E-state index < -0.39 is 0 Å². The summed E-state index contributed by atoms with van der Waals surface area (Å²) >= 11 is 5.96. The van der Waals surface area contributed by atoms with Crippen LogP contribution in [0.25, 0.3) is 0 Å². The number of hydrogen-bond donors (Lipinski definition) is 1. The number of hydrogen-bond acceptors (Lipinski definition) is 2. The van der Waals surface area contributed by atoms with E-state index in [1.807, 2.05) is 24.3 Å². The minimum Gasteiger partial charge on any atom is -0.489 e. The Balaban J connectivity index is 2.60. The molecule has 1 aromatic rings. The van der Waals surface area contributed by atoms with Crippen LogP contribution in [-0.2, 0) is 0 Å². The first-order valence-corrected chi connectivity index (χ1v) is 7.20. The molecule has 0 saturated carbocycles. The highest BCUT2D eigenvalue weighted by molar-refractivity contribution is 6.30. The summed E-state index contributed by atoms with van der Waals surface area (Å²) < 4.78 is 5.97. The van der Waals surface area contributed by atoms with Gasteiger partial charge in [-0.05, 0) is 51.4 Å². The van der Waals surface area contributed by atoms with Crippen molar-refractivity contribution in [2.24, 2.45) is 0 Å². The van der Waals surface area contributed by atoms with E-state index >= 15 is 0 Å². The van der Waals surface area contributed by atoms with Gasteiger partial charge in [0.2, 0.25) is 0 Å². The van der Waals surface area contributed by atoms with E-state index in [-0.39, 0.29) is 6.10 Å². The smallest absolute Gasteiger partial charge is 0.121 e. The van der Waals surface area contributed by atoms with E-state index in [1.54, 1.807) is 0 Å². The molecule has 0 saturated heterocycles. The second-order valence-electron chi connectivity index (χ2n) is 4.94. The standard InChI is InChI=1S/C16H24ClNO/c1-5-18-16(10-9-12(2)3)13(4)19-15-8-6-7-14(17)11-15/h6-8,11,13,16,18H,2,5,9-10H2,1,3-4H3. The molecule has 3 heteroatoms. The van der Waals surface area contributed by atoms with E-state index in [1.165, 1.54) is 5.57 Å². The molecule has 0 aliphatic rings. The largest absolute Gasteiger partial charge is 0.489 e. The predicted octanol–water partition coefficient (Wildman–Crippen LogP) is 4.44. The molecule has 2 nitrogen and oxygen atoms in total. The monoisotopic (exact) mass is 281 g/mol. The lowest BCUT2D eigenvalue weighted by Gasteiger charge is -2.26. The van der Waals surface area contributed by atoms with Crippen molar-refractivity contribution in [3.63, 3.8) is 0 Å². The number of ether oxygens (including phenoxy) is 1. The number of likely N-dealkylation sites (N-methyl/N-ethyl adjacent to an activating group) is 1. The van der Waals surface area contributed by atoms with Gasteiger partial charge in [-0.2, -0.15) is 0 Å². The summed E-state index contributed by atoms with van der Waals surface area (Å²) in [6, 6.07) is 7.85. The molecule has 0 aromatic heterocycles. The Labute approximate surface area is 121 Å². The predicted molar refractivity (Wildman–Crippen MR) is 83.1 cm³/mol. The molecule has 2 atom stereocenters. The number of halogens is 1. The summed E-state index contributed by atoms with van der Waals surface area (Å²) in [4.78, 5) is 0. The van der Waals surface area contributed by atoms with Gasteiger partial charge in [0.05, 0.1) is 0 Å². The number of rotatable bonds is 8. The zero-order chi connectivity index (χ0) is 14.3. The fourth-order valence-corrected chi connectivity index (χ4v) is 2.18. The molecule has 19 heavy (non-hydrogen) atoms. The van der Waals surface area contributed by atoms with Crippen LogP contribution in [0.2, 0.25) is 5.02 Å². The lowest BCUT2D eigenvalue weighted by atomic mass is 10.0. The van der Waals surface area contributed by atoms with Gasteiger partial charge in [-0.3, -0.25) is 0 Å². The Morgan fingerprint density at radius 2 is 2.21 bits per heavy atom. The summed E-state index contributed by atoms with van der Waals surface area (Å²) in [6.45, 7) is 11.2. The fourth-order valence-electron chi connectivity index (χ4n) is 2.00. The topological polar surface area (TPSA) is 21.3 Å². The zero-order valence-corrected chi connectivity index (χ0v) is 12.8. The molecule has 1 aromatic carbocycles. The normalized spacial score (nSPS) is 13.9. The lowest BCUT2D eigenvalue weighted by Crippen LogP contribution is -2.41. The Kier molecular flexibility index (Phi) is 6.96. The molecule has 0 amide bonds. The van der Waals surface area contributed by atoms with Crippen molar-refractivity contribution >= 4 is 11.6 Å². The third-order valence-electron chi connectivity index (χ3n) is 3.03. The van der Waals surface area contributed by atoms with E-state index in [0.29, 0.717) is 11.1 Å². The molecule has 106 valence electrons. The molecule has 0 spiro atoms. The van der Waals surface area contributed by atoms with E-state index in [2.05, 4.69) is 32.7 Å². The highest BCUT2D eigenvalue weighted by Crippen LogP contribution is 2.20. The maximum absolute atomic E-state index is 5.97. The molecule has 0 aliphatic heterocycles. The molecule has 0 fully saturated rings. The maximum Gasteiger partial charge on any atom is 0.121 e. The van der Waals surface area contributed by atoms with Crippen LogP contribution in [0, 0.1) is 0 Å². The van der Waals surface area contributed by atoms with Crippen LogP contribution in [0.15, 0.2) is 36.4 Å². The second-order valence-corrected chi connectivity index (χ2v) is 5.38. The van der Waals surface area contributed by atoms with Crippen LogP contribution in [0.5, 0.6) is 5.75 Å². The highest BCUT2D eigenvalue weighted by atomic mass is 35.5. The molecule has 1 rings (SSSR count). The number of benzene rings is 1. The number of allylic oxidation sites excluding steroid dienone is 1. The molecule has 1 N–H and O–H groups in total. The molecule has 0 radical (unpaired) electrons. The maximum atomic E-state index is 5.97. The van der Waals surface area contributed by atoms with E-state index in [4.69, 9.17) is 16.3 Å². The minimum absolute atomic E-state index is 0.0952. The molecule has 0 bridgehead atoms. The highest BCUT2D eigenvalue weighted by Gasteiger charge is 2.17. The van der Waals surface area contributed by atoms with Crippen molar-refractivity contribution in [2.75, 3.05) is 6.54 Å². The van der Waals surface area contributed by atoms with Gasteiger partial charge in [0.25, 0.3) is 0 Å². The quantitative estimate of drug-likeness (QED) is 0.711. The van der Waals surface area contributed by atoms with Gasteiger partial charge in [-0.1, -0.05) is 30.2 Å². The molecule has 2 unspecified atom stereocenters. The van der Waals surface area contributed by atoms with Crippen molar-refractivity contribution in [3.05, 3.63) is 41.4 Å². The molecule has 0 aliphatic carbocycles. The summed E-state index contributed by atoms with van der Waals surface area (Å²) in [6.07, 6.45) is 2.14. The lowest BCUT2D eigenvalue weighted by molar-refractivity contribution is 0.165. The third kappa shape index (κ3) is 6.13. The molecular formula is C16H24ClNO.